The van der Waals surface area contributed by atoms with Gasteiger partial charge in [-0.15, -0.1) is 11.3 Å². The second-order valence-corrected chi connectivity index (χ2v) is 8.73. The average Bonchev–Trinajstić information content (AvgIpc) is 3.63. The van der Waals surface area contributed by atoms with Crippen molar-refractivity contribution in [1.82, 2.24) is 4.98 Å². The predicted molar refractivity (Wildman–Crippen MR) is 107 cm³/mol. The molecule has 2 aliphatic carbocycles. The fourth-order valence-corrected chi connectivity index (χ4v) is 4.59. The van der Waals surface area contributed by atoms with Crippen molar-refractivity contribution in [2.24, 2.45) is 11.8 Å². The lowest BCUT2D eigenvalue weighted by molar-refractivity contribution is -0.120. The highest BCUT2D eigenvalue weighted by Crippen LogP contribution is 2.38. The van der Waals surface area contributed by atoms with E-state index in [0.29, 0.717) is 5.91 Å². The monoisotopic (exact) mass is 381 g/mol. The van der Waals surface area contributed by atoms with Crippen molar-refractivity contribution in [3.8, 4) is 11.3 Å². The molecule has 6 heteroatoms. The zero-order valence-corrected chi connectivity index (χ0v) is 16.3. The molecular formula is C21H23N3O2S. The largest absolute Gasteiger partial charge is 0.312 e. The minimum atomic E-state index is 0.176. The lowest BCUT2D eigenvalue weighted by atomic mass is 9.98. The van der Waals surface area contributed by atoms with Crippen LogP contribution in [0.25, 0.3) is 11.3 Å². The standard InChI is InChI=1S/C21H23N3O2S/c1-23(19(25)13-4-5-13)21-22-17(12-27-21)15-8-9-18-16(11-15)3-2-10-24(18)20(26)14-6-7-14/h8-9,11-14H,2-7,10H2,1H3. The van der Waals surface area contributed by atoms with E-state index in [1.165, 1.54) is 16.9 Å². The van der Waals surface area contributed by atoms with E-state index in [9.17, 15) is 9.59 Å². The Morgan fingerprint density at radius 3 is 2.70 bits per heavy atom. The molecule has 2 amide bonds. The van der Waals surface area contributed by atoms with Crippen LogP contribution in [0.15, 0.2) is 23.6 Å². The molecule has 0 radical (unpaired) electrons. The van der Waals surface area contributed by atoms with Crippen LogP contribution in [0, 0.1) is 11.8 Å². The van der Waals surface area contributed by atoms with Gasteiger partial charge in [0.25, 0.3) is 0 Å². The van der Waals surface area contributed by atoms with Crippen LogP contribution in [0.2, 0.25) is 0 Å². The van der Waals surface area contributed by atoms with Gasteiger partial charge in [0.2, 0.25) is 11.8 Å². The maximum atomic E-state index is 12.6. The Morgan fingerprint density at radius 1 is 1.19 bits per heavy atom. The van der Waals surface area contributed by atoms with Crippen molar-refractivity contribution in [2.45, 2.75) is 38.5 Å². The number of carbonyl (C=O) groups excluding carboxylic acids is 2. The topological polar surface area (TPSA) is 53.5 Å². The number of fused-ring (bicyclic) bond motifs is 1. The smallest absolute Gasteiger partial charge is 0.231 e. The summed E-state index contributed by atoms with van der Waals surface area (Å²) in [5.41, 5.74) is 4.26. The number of rotatable bonds is 4. The first-order valence-corrected chi connectivity index (χ1v) is 10.7. The van der Waals surface area contributed by atoms with E-state index in [-0.39, 0.29) is 17.7 Å². The molecule has 27 heavy (non-hydrogen) atoms. The summed E-state index contributed by atoms with van der Waals surface area (Å²) in [6, 6.07) is 6.30. The molecule has 0 N–H and O–H groups in total. The highest BCUT2D eigenvalue weighted by Gasteiger charge is 2.36. The van der Waals surface area contributed by atoms with Gasteiger partial charge in [0.1, 0.15) is 0 Å². The highest BCUT2D eigenvalue weighted by atomic mass is 32.1. The third-order valence-corrected chi connectivity index (χ3v) is 6.64. The molecular weight excluding hydrogens is 358 g/mol. The summed E-state index contributed by atoms with van der Waals surface area (Å²) in [6.07, 6.45) is 6.09. The lowest BCUT2D eigenvalue weighted by Crippen LogP contribution is -2.36. The molecule has 1 aromatic heterocycles. The van der Waals surface area contributed by atoms with Crippen LogP contribution in [0.5, 0.6) is 0 Å². The number of carbonyl (C=O) groups is 2. The Balaban J connectivity index is 1.40. The van der Waals surface area contributed by atoms with Gasteiger partial charge in [-0.2, -0.15) is 0 Å². The minimum absolute atomic E-state index is 0.176. The molecule has 2 fully saturated rings. The van der Waals surface area contributed by atoms with Gasteiger partial charge in [-0.3, -0.25) is 14.5 Å². The van der Waals surface area contributed by atoms with Gasteiger partial charge >= 0.3 is 0 Å². The maximum Gasteiger partial charge on any atom is 0.231 e. The van der Waals surface area contributed by atoms with E-state index in [0.717, 1.165) is 67.1 Å². The van der Waals surface area contributed by atoms with Gasteiger partial charge in [0.05, 0.1) is 5.69 Å². The summed E-state index contributed by atoms with van der Waals surface area (Å²) in [6.45, 7) is 0.830. The number of amides is 2. The van der Waals surface area contributed by atoms with E-state index in [4.69, 9.17) is 4.98 Å². The number of aromatic nitrogens is 1. The van der Waals surface area contributed by atoms with Gasteiger partial charge in [-0.05, 0) is 56.2 Å². The Bertz CT molecular complexity index is 914. The fraction of sp³-hybridized carbons (Fsp3) is 0.476. The molecule has 2 heterocycles. The zero-order chi connectivity index (χ0) is 18.5. The van der Waals surface area contributed by atoms with Crippen molar-refractivity contribution in [1.29, 1.82) is 0 Å². The Kier molecular flexibility index (Phi) is 4.04. The number of hydrogen-bond donors (Lipinski definition) is 0. The van der Waals surface area contributed by atoms with Crippen LogP contribution < -0.4 is 9.80 Å². The van der Waals surface area contributed by atoms with Gasteiger partial charge in [0.15, 0.2) is 5.13 Å². The summed E-state index contributed by atoms with van der Waals surface area (Å²) in [5, 5.41) is 2.77. The molecule has 1 aromatic carbocycles. The molecule has 140 valence electrons. The number of thiazole rings is 1. The van der Waals surface area contributed by atoms with E-state index in [1.54, 1.807) is 4.90 Å². The quantitative estimate of drug-likeness (QED) is 0.808. The Labute approximate surface area is 163 Å². The van der Waals surface area contributed by atoms with Crippen LogP contribution in [-0.2, 0) is 16.0 Å². The van der Waals surface area contributed by atoms with Crippen molar-refractivity contribution in [3.05, 3.63) is 29.1 Å². The van der Waals surface area contributed by atoms with E-state index in [1.807, 2.05) is 17.3 Å². The first-order valence-electron chi connectivity index (χ1n) is 9.79. The second-order valence-electron chi connectivity index (χ2n) is 7.90. The number of hydrogen-bond acceptors (Lipinski definition) is 4. The second kappa shape index (κ2) is 6.44. The molecule has 0 unspecified atom stereocenters. The Hall–Kier alpha value is -2.21. The van der Waals surface area contributed by atoms with Crippen molar-refractivity contribution < 1.29 is 9.59 Å². The molecule has 0 atom stereocenters. The number of anilines is 2. The van der Waals surface area contributed by atoms with E-state index < -0.39 is 0 Å². The fourth-order valence-electron chi connectivity index (χ4n) is 3.79. The van der Waals surface area contributed by atoms with Gasteiger partial charge < -0.3 is 4.90 Å². The van der Waals surface area contributed by atoms with Crippen LogP contribution in [0.3, 0.4) is 0 Å². The lowest BCUT2D eigenvalue weighted by Gasteiger charge is -2.30. The molecule has 2 saturated carbocycles. The summed E-state index contributed by atoms with van der Waals surface area (Å²) >= 11 is 1.51. The van der Waals surface area contributed by atoms with Crippen molar-refractivity contribution >= 4 is 34.0 Å². The average molecular weight is 382 g/mol. The summed E-state index contributed by atoms with van der Waals surface area (Å²) in [4.78, 5) is 33.2. The third kappa shape index (κ3) is 3.16. The van der Waals surface area contributed by atoms with Gasteiger partial charge in [0, 0.05) is 42.1 Å². The summed E-state index contributed by atoms with van der Waals surface area (Å²) in [5.74, 6) is 0.910. The first-order chi connectivity index (χ1) is 13.1. The Morgan fingerprint density at radius 2 is 1.96 bits per heavy atom. The van der Waals surface area contributed by atoms with Gasteiger partial charge in [-0.1, -0.05) is 6.07 Å². The van der Waals surface area contributed by atoms with Crippen LogP contribution in [-0.4, -0.2) is 30.4 Å². The molecule has 0 bridgehead atoms. The highest BCUT2D eigenvalue weighted by molar-refractivity contribution is 7.14. The predicted octanol–water partition coefficient (Wildman–Crippen LogP) is 3.87. The first kappa shape index (κ1) is 16.9. The molecule has 5 nitrogen and oxygen atoms in total. The maximum absolute atomic E-state index is 12.6. The van der Waals surface area contributed by atoms with Crippen molar-refractivity contribution in [3.63, 3.8) is 0 Å². The zero-order valence-electron chi connectivity index (χ0n) is 15.5. The molecule has 0 spiro atoms. The molecule has 5 rings (SSSR count). The van der Waals surface area contributed by atoms with E-state index >= 15 is 0 Å². The van der Waals surface area contributed by atoms with Crippen LogP contribution in [0.1, 0.15) is 37.7 Å². The van der Waals surface area contributed by atoms with Crippen LogP contribution in [0.4, 0.5) is 10.8 Å². The molecule has 2 aromatic rings. The summed E-state index contributed by atoms with van der Waals surface area (Å²) < 4.78 is 0. The SMILES string of the molecule is CN(C(=O)C1CC1)c1nc(-c2ccc3c(c2)CCCN3C(=O)C2CC2)cs1. The normalized spacial score (nSPS) is 18.9. The van der Waals surface area contributed by atoms with Crippen LogP contribution >= 0.6 is 11.3 Å². The number of aryl methyl sites for hydroxylation is 1. The van der Waals surface area contributed by atoms with E-state index in [2.05, 4.69) is 18.2 Å². The van der Waals surface area contributed by atoms with Crippen molar-refractivity contribution in [2.75, 3.05) is 23.4 Å². The third-order valence-electron chi connectivity index (χ3n) is 5.72. The number of benzene rings is 1. The molecule has 1 aliphatic heterocycles. The number of nitrogens with zero attached hydrogens (tertiary/aromatic N) is 3. The summed E-state index contributed by atoms with van der Waals surface area (Å²) in [7, 11) is 1.82. The molecule has 0 saturated heterocycles. The van der Waals surface area contributed by atoms with Gasteiger partial charge in [-0.25, -0.2) is 4.98 Å². The minimum Gasteiger partial charge on any atom is -0.312 e. The molecule has 3 aliphatic rings.